The van der Waals surface area contributed by atoms with Gasteiger partial charge in [-0.3, -0.25) is 4.79 Å². The molecule has 0 bridgehead atoms. The first kappa shape index (κ1) is 9.49. The van der Waals surface area contributed by atoms with Crippen LogP contribution in [0.1, 0.15) is 19.8 Å². The smallest absolute Gasteiger partial charge is 0.372 e. The Balaban J connectivity index is 3.68. The maximum absolute atomic E-state index is 10.5. The van der Waals surface area contributed by atoms with Gasteiger partial charge in [-0.1, -0.05) is 6.92 Å². The Kier molecular flexibility index (Phi) is 4.11. The normalized spacial score (nSPS) is 12.6. The molecule has 1 N–H and O–H groups in total. The third-order valence-corrected chi connectivity index (χ3v) is 1.68. The minimum atomic E-state index is -1.37. The van der Waals surface area contributed by atoms with E-state index in [2.05, 4.69) is 12.6 Å². The summed E-state index contributed by atoms with van der Waals surface area (Å²) in [6.07, 6.45) is 0.733. The van der Waals surface area contributed by atoms with Gasteiger partial charge in [-0.15, -0.1) is 0 Å². The molecule has 58 valence electrons. The van der Waals surface area contributed by atoms with Crippen LogP contribution >= 0.6 is 12.6 Å². The summed E-state index contributed by atoms with van der Waals surface area (Å²) in [5.41, 5.74) is 0. The summed E-state index contributed by atoms with van der Waals surface area (Å²) in [6.45, 7) is 1.85. The third kappa shape index (κ3) is 3.50. The van der Waals surface area contributed by atoms with Crippen molar-refractivity contribution in [2.45, 2.75) is 25.0 Å². The molecule has 1 unspecified atom stereocenters. The van der Waals surface area contributed by atoms with Crippen molar-refractivity contribution in [1.82, 2.24) is 0 Å². The topological polar surface area (TPSA) is 54.4 Å². The second kappa shape index (κ2) is 4.33. The lowest BCUT2D eigenvalue weighted by atomic mass is 10.2. The SMILES string of the molecule is CCC(S)CC(=O)C(=O)O. The van der Waals surface area contributed by atoms with Crippen LogP contribution in [-0.2, 0) is 9.59 Å². The lowest BCUT2D eigenvalue weighted by Crippen LogP contribution is -2.16. The van der Waals surface area contributed by atoms with Gasteiger partial charge < -0.3 is 5.11 Å². The maximum atomic E-state index is 10.5. The summed E-state index contributed by atoms with van der Waals surface area (Å²) >= 11 is 3.98. The number of thiol groups is 1. The van der Waals surface area contributed by atoms with E-state index in [4.69, 9.17) is 5.11 Å². The van der Waals surface area contributed by atoms with E-state index in [-0.39, 0.29) is 11.7 Å². The zero-order valence-corrected chi connectivity index (χ0v) is 6.60. The van der Waals surface area contributed by atoms with Crippen molar-refractivity contribution >= 4 is 24.4 Å². The molecule has 10 heavy (non-hydrogen) atoms. The van der Waals surface area contributed by atoms with Crippen LogP contribution in [0.4, 0.5) is 0 Å². The summed E-state index contributed by atoms with van der Waals surface area (Å²) in [4.78, 5) is 20.4. The molecule has 3 nitrogen and oxygen atoms in total. The number of carboxylic acid groups (broad SMARTS) is 1. The number of carboxylic acids is 1. The van der Waals surface area contributed by atoms with Gasteiger partial charge >= 0.3 is 5.97 Å². The van der Waals surface area contributed by atoms with Crippen molar-refractivity contribution in [1.29, 1.82) is 0 Å². The fraction of sp³-hybridized carbons (Fsp3) is 0.667. The molecule has 0 aromatic rings. The Morgan fingerprint density at radius 3 is 2.40 bits per heavy atom. The lowest BCUT2D eigenvalue weighted by Gasteiger charge is -2.01. The average molecular weight is 162 g/mol. The van der Waals surface area contributed by atoms with Crippen molar-refractivity contribution in [3.05, 3.63) is 0 Å². The van der Waals surface area contributed by atoms with Gasteiger partial charge in [0.25, 0.3) is 0 Å². The molecule has 0 saturated heterocycles. The molecular weight excluding hydrogens is 152 g/mol. The van der Waals surface area contributed by atoms with Crippen molar-refractivity contribution in [3.63, 3.8) is 0 Å². The van der Waals surface area contributed by atoms with Crippen molar-refractivity contribution < 1.29 is 14.7 Å². The van der Waals surface area contributed by atoms with E-state index < -0.39 is 11.8 Å². The van der Waals surface area contributed by atoms with E-state index in [0.29, 0.717) is 6.42 Å². The van der Waals surface area contributed by atoms with Gasteiger partial charge in [-0.2, -0.15) is 12.6 Å². The summed E-state index contributed by atoms with van der Waals surface area (Å²) in [6, 6.07) is 0. The number of rotatable bonds is 4. The Hall–Kier alpha value is -0.510. The number of carbonyl (C=O) groups excluding carboxylic acids is 1. The van der Waals surface area contributed by atoms with Gasteiger partial charge in [-0.05, 0) is 6.42 Å². The minimum absolute atomic E-state index is 0.0228. The molecule has 0 aliphatic carbocycles. The number of hydrogen-bond donors (Lipinski definition) is 2. The Morgan fingerprint density at radius 1 is 1.60 bits per heavy atom. The molecule has 0 heterocycles. The molecule has 4 heteroatoms. The molecule has 0 rings (SSSR count). The predicted molar refractivity (Wildman–Crippen MR) is 40.3 cm³/mol. The second-order valence-corrected chi connectivity index (χ2v) is 2.72. The summed E-state index contributed by atoms with van der Waals surface area (Å²) in [5.74, 6) is -2.13. The first-order valence-corrected chi connectivity index (χ1v) is 3.53. The van der Waals surface area contributed by atoms with Gasteiger partial charge in [-0.25, -0.2) is 4.79 Å². The van der Waals surface area contributed by atoms with Crippen molar-refractivity contribution in [2.75, 3.05) is 0 Å². The first-order chi connectivity index (χ1) is 4.57. The van der Waals surface area contributed by atoms with Gasteiger partial charge in [0.2, 0.25) is 5.78 Å². The van der Waals surface area contributed by atoms with E-state index in [1.54, 1.807) is 0 Å². The molecule has 0 aromatic heterocycles. The summed E-state index contributed by atoms with van der Waals surface area (Å²) in [7, 11) is 0. The fourth-order valence-corrected chi connectivity index (χ4v) is 0.611. The fourth-order valence-electron chi connectivity index (χ4n) is 0.446. The van der Waals surface area contributed by atoms with Gasteiger partial charge in [0.05, 0.1) is 0 Å². The van der Waals surface area contributed by atoms with E-state index in [0.717, 1.165) is 0 Å². The summed E-state index contributed by atoms with van der Waals surface area (Å²) in [5, 5.41) is 8.02. The van der Waals surface area contributed by atoms with Crippen LogP contribution in [0.25, 0.3) is 0 Å². The summed E-state index contributed by atoms with van der Waals surface area (Å²) < 4.78 is 0. The number of ketones is 1. The van der Waals surface area contributed by atoms with E-state index >= 15 is 0 Å². The minimum Gasteiger partial charge on any atom is -0.476 e. The highest BCUT2D eigenvalue weighted by Crippen LogP contribution is 2.05. The van der Waals surface area contributed by atoms with Crippen LogP contribution in [0.2, 0.25) is 0 Å². The zero-order chi connectivity index (χ0) is 8.15. The standard InChI is InChI=1S/C6H10O3S/c1-2-4(10)3-5(7)6(8)9/h4,10H,2-3H2,1H3,(H,8,9). The predicted octanol–water partition coefficient (Wildman–Crippen LogP) is 0.739. The number of hydrogen-bond acceptors (Lipinski definition) is 3. The maximum Gasteiger partial charge on any atom is 0.372 e. The van der Waals surface area contributed by atoms with Crippen LogP contribution in [0, 0.1) is 0 Å². The van der Waals surface area contributed by atoms with E-state index in [1.165, 1.54) is 0 Å². The highest BCUT2D eigenvalue weighted by molar-refractivity contribution is 7.81. The quantitative estimate of drug-likeness (QED) is 0.473. The molecule has 0 amide bonds. The Bertz CT molecular complexity index is 144. The Morgan fingerprint density at radius 2 is 2.10 bits per heavy atom. The van der Waals surface area contributed by atoms with E-state index in [9.17, 15) is 9.59 Å². The van der Waals surface area contributed by atoms with Gasteiger partial charge in [0.1, 0.15) is 0 Å². The molecule has 0 fully saturated rings. The molecule has 1 atom stereocenters. The highest BCUT2D eigenvalue weighted by atomic mass is 32.1. The van der Waals surface area contributed by atoms with Crippen LogP contribution in [0.5, 0.6) is 0 Å². The highest BCUT2D eigenvalue weighted by Gasteiger charge is 2.14. The molecule has 0 radical (unpaired) electrons. The van der Waals surface area contributed by atoms with Crippen molar-refractivity contribution in [3.8, 4) is 0 Å². The van der Waals surface area contributed by atoms with Crippen LogP contribution in [0.15, 0.2) is 0 Å². The first-order valence-electron chi connectivity index (χ1n) is 3.02. The van der Waals surface area contributed by atoms with E-state index in [1.807, 2.05) is 6.92 Å². The average Bonchev–Trinajstić information content (AvgIpc) is 1.87. The number of carbonyl (C=O) groups is 2. The molecule has 0 aromatic carbocycles. The third-order valence-electron chi connectivity index (χ3n) is 1.13. The van der Waals surface area contributed by atoms with Crippen LogP contribution < -0.4 is 0 Å². The second-order valence-electron chi connectivity index (χ2n) is 1.99. The zero-order valence-electron chi connectivity index (χ0n) is 5.70. The molecule has 0 aliphatic rings. The van der Waals surface area contributed by atoms with Crippen LogP contribution in [-0.4, -0.2) is 22.1 Å². The number of aliphatic carboxylic acids is 1. The number of Topliss-reactive ketones (excluding diaryl/α,β-unsaturated/α-hetero) is 1. The molecule has 0 aliphatic heterocycles. The monoisotopic (exact) mass is 162 g/mol. The van der Waals surface area contributed by atoms with Gasteiger partial charge in [0, 0.05) is 11.7 Å². The van der Waals surface area contributed by atoms with Gasteiger partial charge in [0.15, 0.2) is 0 Å². The largest absolute Gasteiger partial charge is 0.476 e. The van der Waals surface area contributed by atoms with Crippen molar-refractivity contribution in [2.24, 2.45) is 0 Å². The molecular formula is C6H10O3S. The lowest BCUT2D eigenvalue weighted by molar-refractivity contribution is -0.149. The Labute approximate surface area is 64.8 Å². The van der Waals surface area contributed by atoms with Crippen LogP contribution in [0.3, 0.4) is 0 Å². The molecule has 0 saturated carbocycles. The molecule has 0 spiro atoms.